The predicted molar refractivity (Wildman–Crippen MR) is 110 cm³/mol. The first-order chi connectivity index (χ1) is 8.80. The minimum absolute atomic E-state index is 0.527. The summed E-state index contributed by atoms with van der Waals surface area (Å²) in [6, 6.07) is 0. The van der Waals surface area contributed by atoms with Crippen LogP contribution in [-0.4, -0.2) is 41.8 Å². The van der Waals surface area contributed by atoms with Crippen molar-refractivity contribution < 1.29 is 0 Å². The van der Waals surface area contributed by atoms with Gasteiger partial charge in [-0.1, -0.05) is 0 Å². The minimum Gasteiger partial charge on any atom is -0.151 e. The molecule has 116 valence electrons. The van der Waals surface area contributed by atoms with Crippen molar-refractivity contribution >= 4 is 70.6 Å². The molecule has 0 saturated carbocycles. The molecular formula is C13H28S6. The molecule has 0 aromatic rings. The molecule has 0 N–H and O–H groups in total. The Hall–Kier alpha value is 2.10. The monoisotopic (exact) mass is 376 g/mol. The van der Waals surface area contributed by atoms with E-state index in [1.54, 1.807) is 0 Å². The summed E-state index contributed by atoms with van der Waals surface area (Å²) in [5.41, 5.74) is 0. The highest BCUT2D eigenvalue weighted by Crippen LogP contribution is 2.55. The lowest BCUT2D eigenvalue weighted by molar-refractivity contribution is 0.990. The number of thioether (sulfide) groups is 6. The third-order valence-corrected chi connectivity index (χ3v) is 10.7. The van der Waals surface area contributed by atoms with Crippen LogP contribution in [-0.2, 0) is 0 Å². The van der Waals surface area contributed by atoms with E-state index in [0.717, 1.165) is 13.7 Å². The SMILES string of the molecule is CC1SC(C)(C)S1.CC1SCCS1.CSC(C)SC. The van der Waals surface area contributed by atoms with E-state index < -0.39 is 0 Å². The Labute approximate surface area is 146 Å². The Morgan fingerprint density at radius 2 is 1.37 bits per heavy atom. The fourth-order valence-electron chi connectivity index (χ4n) is 1.38. The van der Waals surface area contributed by atoms with Crippen molar-refractivity contribution in [2.75, 3.05) is 24.0 Å². The number of hydrogen-bond donors (Lipinski definition) is 0. The Morgan fingerprint density at radius 3 is 1.42 bits per heavy atom. The highest BCUT2D eigenvalue weighted by Gasteiger charge is 2.34. The Morgan fingerprint density at radius 1 is 0.947 bits per heavy atom. The van der Waals surface area contributed by atoms with Crippen molar-refractivity contribution in [2.24, 2.45) is 0 Å². The van der Waals surface area contributed by atoms with Gasteiger partial charge in [-0.15, -0.1) is 47.0 Å². The van der Waals surface area contributed by atoms with Crippen LogP contribution in [0.1, 0.15) is 34.6 Å². The molecule has 19 heavy (non-hydrogen) atoms. The van der Waals surface area contributed by atoms with Gasteiger partial charge in [-0.05, 0) is 47.1 Å². The summed E-state index contributed by atoms with van der Waals surface area (Å²) in [4.78, 5) is 0. The molecule has 2 fully saturated rings. The molecule has 0 nitrogen and oxygen atoms in total. The van der Waals surface area contributed by atoms with Gasteiger partial charge in [-0.25, -0.2) is 0 Å². The van der Waals surface area contributed by atoms with Crippen molar-refractivity contribution in [3.05, 3.63) is 0 Å². The molecule has 0 radical (unpaired) electrons. The quantitative estimate of drug-likeness (QED) is 0.506. The molecule has 0 aliphatic carbocycles. The average Bonchev–Trinajstić information content (AvgIpc) is 2.78. The lowest BCUT2D eigenvalue weighted by Crippen LogP contribution is -2.24. The summed E-state index contributed by atoms with van der Waals surface area (Å²) in [6.07, 6.45) is 4.25. The molecular weight excluding hydrogens is 349 g/mol. The Balaban J connectivity index is 0.000000257. The molecule has 0 bridgehead atoms. The molecule has 2 rings (SSSR count). The zero-order valence-electron chi connectivity index (χ0n) is 13.1. The van der Waals surface area contributed by atoms with Crippen LogP contribution in [0.2, 0.25) is 0 Å². The maximum atomic E-state index is 2.27. The van der Waals surface area contributed by atoms with Crippen LogP contribution in [0, 0.1) is 0 Å². The summed E-state index contributed by atoms with van der Waals surface area (Å²) >= 11 is 12.0. The van der Waals surface area contributed by atoms with Gasteiger partial charge in [-0.2, -0.15) is 23.5 Å². The third-order valence-electron chi connectivity index (χ3n) is 2.35. The van der Waals surface area contributed by atoms with Crippen molar-refractivity contribution in [1.82, 2.24) is 0 Å². The van der Waals surface area contributed by atoms with Crippen molar-refractivity contribution in [2.45, 2.75) is 52.4 Å². The number of hydrogen-bond acceptors (Lipinski definition) is 6. The van der Waals surface area contributed by atoms with E-state index >= 15 is 0 Å². The summed E-state index contributed by atoms with van der Waals surface area (Å²) in [7, 11) is 0. The minimum atomic E-state index is 0.527. The largest absolute Gasteiger partial charge is 0.151 e. The van der Waals surface area contributed by atoms with Gasteiger partial charge in [0.2, 0.25) is 0 Å². The van der Waals surface area contributed by atoms with E-state index in [4.69, 9.17) is 0 Å². The summed E-state index contributed by atoms with van der Waals surface area (Å²) < 4.78 is 3.02. The number of rotatable bonds is 2. The molecule has 0 atom stereocenters. The highest BCUT2D eigenvalue weighted by molar-refractivity contribution is 8.34. The molecule has 2 saturated heterocycles. The molecule has 0 aromatic heterocycles. The van der Waals surface area contributed by atoms with Crippen LogP contribution in [0.25, 0.3) is 0 Å². The molecule has 0 aromatic carbocycles. The molecule has 0 amide bonds. The zero-order valence-corrected chi connectivity index (χ0v) is 18.0. The molecule has 2 heterocycles. The van der Waals surface area contributed by atoms with Gasteiger partial charge in [0.25, 0.3) is 0 Å². The van der Waals surface area contributed by atoms with E-state index in [2.05, 4.69) is 70.7 Å². The topological polar surface area (TPSA) is 0 Å². The highest BCUT2D eigenvalue weighted by atomic mass is 32.3. The van der Waals surface area contributed by atoms with Gasteiger partial charge in [0.15, 0.2) is 0 Å². The maximum Gasteiger partial charge on any atom is 0.0577 e. The van der Waals surface area contributed by atoms with Gasteiger partial charge < -0.3 is 0 Å². The second kappa shape index (κ2) is 11.6. The van der Waals surface area contributed by atoms with Crippen molar-refractivity contribution in [3.8, 4) is 0 Å². The van der Waals surface area contributed by atoms with Crippen molar-refractivity contribution in [3.63, 3.8) is 0 Å². The fraction of sp³-hybridized carbons (Fsp3) is 1.00. The molecule has 2 aliphatic rings. The second-order valence-electron chi connectivity index (χ2n) is 4.55. The first-order valence-corrected chi connectivity index (χ1v) is 12.9. The van der Waals surface area contributed by atoms with Crippen LogP contribution in [0.3, 0.4) is 0 Å². The van der Waals surface area contributed by atoms with Crippen LogP contribution >= 0.6 is 70.6 Å². The van der Waals surface area contributed by atoms with E-state index in [1.807, 2.05) is 47.0 Å². The van der Waals surface area contributed by atoms with Crippen LogP contribution < -0.4 is 0 Å². The first-order valence-electron chi connectivity index (χ1n) is 6.45. The van der Waals surface area contributed by atoms with E-state index in [0.29, 0.717) is 4.08 Å². The van der Waals surface area contributed by atoms with Gasteiger partial charge in [0.1, 0.15) is 0 Å². The average molecular weight is 377 g/mol. The fourth-order valence-corrected chi connectivity index (χ4v) is 8.18. The molecule has 0 spiro atoms. The summed E-state index contributed by atoms with van der Waals surface area (Å²) in [5, 5.41) is 0. The standard InChI is InChI=1S/C5H10S2.C4H8S2.C4H10S2/c1-4-6-5(2,3)7-4;1-4-5-2-3-6-4;1-4(5-2)6-3/h4H,1-3H3;4H,2-3H2,1H3;4H,1-3H3. The lowest BCUT2D eigenvalue weighted by atomic mass is 10.5. The van der Waals surface area contributed by atoms with E-state index in [1.165, 1.54) is 11.5 Å². The third kappa shape index (κ3) is 12.3. The van der Waals surface area contributed by atoms with Gasteiger partial charge in [-0.3, -0.25) is 0 Å². The normalized spacial score (nSPS) is 22.1. The molecule has 0 unspecified atom stereocenters. The van der Waals surface area contributed by atoms with Crippen molar-refractivity contribution in [1.29, 1.82) is 0 Å². The van der Waals surface area contributed by atoms with E-state index in [-0.39, 0.29) is 0 Å². The summed E-state index contributed by atoms with van der Waals surface area (Å²) in [6.45, 7) is 11.3. The molecule has 6 heteroatoms. The van der Waals surface area contributed by atoms with E-state index in [9.17, 15) is 0 Å². The second-order valence-corrected chi connectivity index (χ2v) is 14.9. The zero-order chi connectivity index (χ0) is 14.9. The maximum absolute atomic E-state index is 2.27. The molecule has 2 aliphatic heterocycles. The smallest absolute Gasteiger partial charge is 0.0577 e. The van der Waals surface area contributed by atoms with Gasteiger partial charge in [0.05, 0.1) is 8.66 Å². The first kappa shape index (κ1) is 21.1. The van der Waals surface area contributed by atoms with Crippen LogP contribution in [0.15, 0.2) is 0 Å². The predicted octanol–water partition coefficient (Wildman–Crippen LogP) is 6.42. The van der Waals surface area contributed by atoms with Gasteiger partial charge >= 0.3 is 0 Å². The Bertz CT molecular complexity index is 203. The lowest BCUT2D eigenvalue weighted by Gasteiger charge is -2.38. The van der Waals surface area contributed by atoms with Gasteiger partial charge in [0, 0.05) is 20.7 Å². The summed E-state index contributed by atoms with van der Waals surface area (Å²) in [5.74, 6) is 2.73. The van der Waals surface area contributed by atoms with Crippen LogP contribution in [0.4, 0.5) is 0 Å². The Kier molecular flexibility index (Phi) is 12.9. The van der Waals surface area contributed by atoms with Crippen LogP contribution in [0.5, 0.6) is 0 Å².